The summed E-state index contributed by atoms with van der Waals surface area (Å²) in [6, 6.07) is 10.2. The Labute approximate surface area is 215 Å². The number of para-hydroxylation sites is 1. The highest BCUT2D eigenvalue weighted by molar-refractivity contribution is 6.06. The average molecular weight is 507 g/mol. The van der Waals surface area contributed by atoms with Crippen LogP contribution in [0, 0.1) is 23.7 Å². The lowest BCUT2D eigenvalue weighted by molar-refractivity contribution is -0.125. The molecule has 2 amide bonds. The Kier molecular flexibility index (Phi) is 9.00. The Bertz CT molecular complexity index is 1350. The van der Waals surface area contributed by atoms with Crippen LogP contribution in [0.1, 0.15) is 56.2 Å². The highest BCUT2D eigenvalue weighted by Gasteiger charge is 2.33. The quantitative estimate of drug-likeness (QED) is 0.291. The number of hydrogen-bond donors (Lipinski definition) is 4. The summed E-state index contributed by atoms with van der Waals surface area (Å²) in [5.74, 6) is -0.426. The Morgan fingerprint density at radius 2 is 1.95 bits per heavy atom. The number of rotatable bonds is 11. The van der Waals surface area contributed by atoms with Gasteiger partial charge in [0.15, 0.2) is 5.69 Å². The topological polar surface area (TPSA) is 158 Å². The van der Waals surface area contributed by atoms with Crippen molar-refractivity contribution in [1.29, 1.82) is 5.26 Å². The molecular formula is C26H34N8O3. The van der Waals surface area contributed by atoms with E-state index in [4.69, 9.17) is 5.26 Å². The number of benzene rings is 1. The number of nitrogens with zero attached hydrogens (tertiary/aromatic N) is 4. The van der Waals surface area contributed by atoms with Crippen LogP contribution in [0.25, 0.3) is 10.9 Å². The Morgan fingerprint density at radius 1 is 1.19 bits per heavy atom. The van der Waals surface area contributed by atoms with E-state index in [0.29, 0.717) is 36.5 Å². The first-order valence-electron chi connectivity index (χ1n) is 12.3. The van der Waals surface area contributed by atoms with Crippen LogP contribution in [0.3, 0.4) is 0 Å². The molecule has 0 spiro atoms. The van der Waals surface area contributed by atoms with Gasteiger partial charge in [-0.1, -0.05) is 39.0 Å². The van der Waals surface area contributed by atoms with Crippen LogP contribution in [-0.4, -0.2) is 50.7 Å². The highest BCUT2D eigenvalue weighted by Crippen LogP contribution is 2.23. The van der Waals surface area contributed by atoms with Crippen LogP contribution in [0.15, 0.2) is 35.1 Å². The molecule has 2 heterocycles. The molecule has 1 aromatic carbocycles. The van der Waals surface area contributed by atoms with E-state index in [1.807, 2.05) is 45.0 Å². The number of aromatic nitrogens is 4. The lowest BCUT2D eigenvalue weighted by atomic mass is 9.86. The van der Waals surface area contributed by atoms with Crippen molar-refractivity contribution in [2.75, 3.05) is 18.4 Å². The van der Waals surface area contributed by atoms with Crippen molar-refractivity contribution in [3.63, 3.8) is 0 Å². The molecule has 0 saturated heterocycles. The van der Waals surface area contributed by atoms with Crippen molar-refractivity contribution in [2.45, 2.75) is 59.5 Å². The van der Waals surface area contributed by atoms with Gasteiger partial charge < -0.3 is 16.0 Å². The largest absolute Gasteiger partial charge is 0.354 e. The number of H-pyrrole nitrogens is 1. The van der Waals surface area contributed by atoms with Crippen LogP contribution < -0.4 is 21.5 Å². The van der Waals surface area contributed by atoms with Crippen molar-refractivity contribution in [2.24, 2.45) is 5.41 Å². The fraction of sp³-hybridized carbons (Fsp3) is 0.462. The normalized spacial score (nSPS) is 12.1. The number of nitriles is 1. The molecule has 0 fully saturated rings. The van der Waals surface area contributed by atoms with Crippen molar-refractivity contribution in [1.82, 2.24) is 30.4 Å². The summed E-state index contributed by atoms with van der Waals surface area (Å²) in [7, 11) is 0. The molecule has 1 atom stereocenters. The number of fused-ring (bicyclic) bond motifs is 1. The molecule has 11 nitrogen and oxygen atoms in total. The molecule has 0 radical (unpaired) electrons. The summed E-state index contributed by atoms with van der Waals surface area (Å²) in [6.45, 7) is 8.55. The van der Waals surface area contributed by atoms with Crippen molar-refractivity contribution < 1.29 is 9.59 Å². The molecule has 37 heavy (non-hydrogen) atoms. The fourth-order valence-electron chi connectivity index (χ4n) is 3.94. The first-order valence-corrected chi connectivity index (χ1v) is 12.3. The second-order valence-electron chi connectivity index (χ2n) is 9.93. The number of anilines is 1. The number of amides is 2. The SMILES string of the molecule is Cc1cc(=O)[nH]c(NCCNC(=O)[C@@H](NC(=O)c2nn(CCCCC#N)c3ccccc23)C(C)(C)C)n1. The maximum Gasteiger partial charge on any atom is 0.273 e. The Hall–Kier alpha value is -4.20. The number of nitrogens with one attached hydrogen (secondary N) is 4. The molecule has 0 bridgehead atoms. The minimum absolute atomic E-state index is 0.258. The first kappa shape index (κ1) is 27.4. The van der Waals surface area contributed by atoms with Crippen LogP contribution in [0.5, 0.6) is 0 Å². The van der Waals surface area contributed by atoms with Gasteiger partial charge in [-0.3, -0.25) is 24.0 Å². The Morgan fingerprint density at radius 3 is 2.65 bits per heavy atom. The molecule has 3 aromatic rings. The van der Waals surface area contributed by atoms with Crippen LogP contribution in [-0.2, 0) is 11.3 Å². The molecule has 196 valence electrons. The fourth-order valence-corrected chi connectivity index (χ4v) is 3.94. The smallest absolute Gasteiger partial charge is 0.273 e. The van der Waals surface area contributed by atoms with Gasteiger partial charge in [-0.05, 0) is 31.2 Å². The van der Waals surface area contributed by atoms with E-state index in [-0.39, 0.29) is 23.7 Å². The predicted molar refractivity (Wildman–Crippen MR) is 141 cm³/mol. The van der Waals surface area contributed by atoms with Gasteiger partial charge in [-0.2, -0.15) is 10.4 Å². The zero-order valence-corrected chi connectivity index (χ0v) is 21.7. The number of aromatic amines is 1. The minimum atomic E-state index is -0.809. The number of hydrogen-bond acceptors (Lipinski definition) is 7. The summed E-state index contributed by atoms with van der Waals surface area (Å²) in [6.07, 6.45) is 2.00. The standard InChI is InChI=1S/C26H34N8O3/c1-17-16-20(35)31-25(30-17)29-14-13-28-24(37)22(26(2,3)4)32-23(36)21-18-10-6-7-11-19(18)34(33-21)15-9-5-8-12-27/h6-7,10-11,16,22H,5,8-9,13-15H2,1-4H3,(H,28,37)(H,32,36)(H2,29,30,31,35)/t22-/m1/s1. The average Bonchev–Trinajstić information content (AvgIpc) is 3.20. The van der Waals surface area contributed by atoms with Gasteiger partial charge in [0, 0.05) is 43.2 Å². The second-order valence-corrected chi connectivity index (χ2v) is 9.93. The summed E-state index contributed by atoms with van der Waals surface area (Å²) >= 11 is 0. The molecule has 0 saturated carbocycles. The number of carbonyl (C=O) groups is 2. The van der Waals surface area contributed by atoms with E-state index in [1.165, 1.54) is 6.07 Å². The van der Waals surface area contributed by atoms with Crippen LogP contribution in [0.4, 0.5) is 5.95 Å². The lowest BCUT2D eigenvalue weighted by Crippen LogP contribution is -2.54. The highest BCUT2D eigenvalue weighted by atomic mass is 16.2. The molecule has 4 N–H and O–H groups in total. The zero-order valence-electron chi connectivity index (χ0n) is 21.7. The predicted octanol–water partition coefficient (Wildman–Crippen LogP) is 2.49. The summed E-state index contributed by atoms with van der Waals surface area (Å²) < 4.78 is 1.78. The van der Waals surface area contributed by atoms with Gasteiger partial charge in [-0.15, -0.1) is 0 Å². The third kappa shape index (κ3) is 7.39. The first-order chi connectivity index (χ1) is 17.6. The summed E-state index contributed by atoms with van der Waals surface area (Å²) in [5.41, 5.74) is 0.852. The summed E-state index contributed by atoms with van der Waals surface area (Å²) in [5, 5.41) is 22.7. The number of unbranched alkanes of at least 4 members (excludes halogenated alkanes) is 2. The minimum Gasteiger partial charge on any atom is -0.354 e. The van der Waals surface area contributed by atoms with E-state index in [1.54, 1.807) is 11.6 Å². The molecule has 2 aromatic heterocycles. The van der Waals surface area contributed by atoms with Crippen molar-refractivity contribution >= 4 is 28.7 Å². The second kappa shape index (κ2) is 12.2. The third-order valence-corrected chi connectivity index (χ3v) is 5.77. The number of aryl methyl sites for hydroxylation is 2. The van der Waals surface area contributed by atoms with Crippen LogP contribution >= 0.6 is 0 Å². The van der Waals surface area contributed by atoms with E-state index in [0.717, 1.165) is 18.4 Å². The van der Waals surface area contributed by atoms with Crippen LogP contribution in [0.2, 0.25) is 0 Å². The maximum atomic E-state index is 13.3. The molecule has 3 rings (SSSR count). The molecular weight excluding hydrogens is 472 g/mol. The molecule has 11 heteroatoms. The zero-order chi connectivity index (χ0) is 27.0. The van der Waals surface area contributed by atoms with Gasteiger partial charge in [0.25, 0.3) is 11.5 Å². The van der Waals surface area contributed by atoms with E-state index < -0.39 is 17.4 Å². The molecule has 0 aliphatic heterocycles. The van der Waals surface area contributed by atoms with Gasteiger partial charge >= 0.3 is 0 Å². The van der Waals surface area contributed by atoms with Gasteiger partial charge in [0.05, 0.1) is 11.6 Å². The van der Waals surface area contributed by atoms with Gasteiger partial charge in [0.2, 0.25) is 11.9 Å². The lowest BCUT2D eigenvalue weighted by Gasteiger charge is -2.30. The van der Waals surface area contributed by atoms with E-state index in [2.05, 4.69) is 37.1 Å². The van der Waals surface area contributed by atoms with E-state index in [9.17, 15) is 14.4 Å². The van der Waals surface area contributed by atoms with Gasteiger partial charge in [-0.25, -0.2) is 4.98 Å². The van der Waals surface area contributed by atoms with Crippen molar-refractivity contribution in [3.8, 4) is 6.07 Å². The van der Waals surface area contributed by atoms with Crippen molar-refractivity contribution in [3.05, 3.63) is 52.1 Å². The van der Waals surface area contributed by atoms with E-state index >= 15 is 0 Å². The molecule has 0 unspecified atom stereocenters. The molecule has 0 aliphatic carbocycles. The summed E-state index contributed by atoms with van der Waals surface area (Å²) in [4.78, 5) is 44.7. The molecule has 0 aliphatic rings. The maximum absolute atomic E-state index is 13.3. The number of carbonyl (C=O) groups excluding carboxylic acids is 2. The third-order valence-electron chi connectivity index (χ3n) is 5.77. The van der Waals surface area contributed by atoms with Gasteiger partial charge in [0.1, 0.15) is 6.04 Å². The monoisotopic (exact) mass is 506 g/mol. The Balaban J connectivity index is 1.67.